The van der Waals surface area contributed by atoms with Crippen LogP contribution in [0.5, 0.6) is 0 Å². The maximum atomic E-state index is 12.4. The molecule has 1 aromatic carbocycles. The van der Waals surface area contributed by atoms with Gasteiger partial charge >= 0.3 is 5.97 Å². The average Bonchev–Trinajstić information content (AvgIpc) is 2.81. The minimum absolute atomic E-state index is 0.250. The molecule has 0 unspecified atom stereocenters. The van der Waals surface area contributed by atoms with Crippen molar-refractivity contribution in [2.75, 3.05) is 17.2 Å². The Bertz CT molecular complexity index is 880. The number of ether oxygens (including phenoxy) is 1. The van der Waals surface area contributed by atoms with Gasteiger partial charge in [-0.15, -0.1) is 11.3 Å². The lowest BCUT2D eigenvalue weighted by Crippen LogP contribution is -2.21. The van der Waals surface area contributed by atoms with Gasteiger partial charge in [-0.25, -0.2) is 4.79 Å². The molecule has 138 valence electrons. The molecule has 0 saturated carbocycles. The molecule has 1 heterocycles. The van der Waals surface area contributed by atoms with Crippen LogP contribution in [0.3, 0.4) is 0 Å². The highest BCUT2D eigenvalue weighted by Crippen LogP contribution is 2.33. The highest BCUT2D eigenvalue weighted by molar-refractivity contribution is 7.16. The maximum Gasteiger partial charge on any atom is 0.341 e. The Morgan fingerprint density at radius 2 is 1.85 bits per heavy atom. The van der Waals surface area contributed by atoms with E-state index in [4.69, 9.17) is 27.9 Å². The molecule has 0 bridgehead atoms. The van der Waals surface area contributed by atoms with Gasteiger partial charge in [-0.3, -0.25) is 9.59 Å². The van der Waals surface area contributed by atoms with Crippen molar-refractivity contribution in [1.29, 1.82) is 0 Å². The summed E-state index contributed by atoms with van der Waals surface area (Å²) in [4.78, 5) is 36.5. The Morgan fingerprint density at radius 1 is 1.15 bits per heavy atom. The third-order valence-electron chi connectivity index (χ3n) is 3.42. The average molecular weight is 415 g/mol. The Balaban J connectivity index is 2.04. The van der Waals surface area contributed by atoms with Crippen LogP contribution >= 0.6 is 34.5 Å². The van der Waals surface area contributed by atoms with E-state index < -0.39 is 18.5 Å². The van der Waals surface area contributed by atoms with Gasteiger partial charge in [-0.1, -0.05) is 23.2 Å². The molecule has 0 atom stereocenters. The number of anilines is 2. The van der Waals surface area contributed by atoms with Crippen molar-refractivity contribution in [3.05, 3.63) is 44.2 Å². The first-order valence-electron chi connectivity index (χ1n) is 7.48. The topological polar surface area (TPSA) is 84.5 Å². The second-order valence-electron chi connectivity index (χ2n) is 5.42. The van der Waals surface area contributed by atoms with Crippen molar-refractivity contribution < 1.29 is 19.1 Å². The molecule has 6 nitrogen and oxygen atoms in total. The van der Waals surface area contributed by atoms with Crippen molar-refractivity contribution >= 4 is 63.0 Å². The maximum absolute atomic E-state index is 12.4. The van der Waals surface area contributed by atoms with Gasteiger partial charge in [0, 0.05) is 16.8 Å². The number of aryl methyl sites for hydroxylation is 1. The summed E-state index contributed by atoms with van der Waals surface area (Å²) in [6.07, 6.45) is 0. The fraction of sp³-hybridized carbons (Fsp3) is 0.235. The zero-order valence-electron chi connectivity index (χ0n) is 14.2. The molecule has 2 aromatic rings. The third-order valence-corrected chi connectivity index (χ3v) is 5.09. The first-order valence-corrected chi connectivity index (χ1v) is 9.06. The van der Waals surface area contributed by atoms with Crippen LogP contribution < -0.4 is 10.6 Å². The summed E-state index contributed by atoms with van der Waals surface area (Å²) in [7, 11) is 0. The van der Waals surface area contributed by atoms with Crippen molar-refractivity contribution in [1.82, 2.24) is 0 Å². The number of amides is 2. The number of rotatable bonds is 5. The summed E-state index contributed by atoms with van der Waals surface area (Å²) in [6.45, 7) is 4.44. The van der Waals surface area contributed by atoms with E-state index in [-0.39, 0.29) is 16.5 Å². The Hall–Kier alpha value is -2.09. The van der Waals surface area contributed by atoms with Crippen molar-refractivity contribution in [3.8, 4) is 0 Å². The smallest absolute Gasteiger partial charge is 0.341 e. The number of hydrogen-bond donors (Lipinski definition) is 2. The summed E-state index contributed by atoms with van der Waals surface area (Å²) >= 11 is 13.0. The number of esters is 1. The van der Waals surface area contributed by atoms with Crippen LogP contribution in [0.15, 0.2) is 18.2 Å². The standard InChI is InChI=1S/C17H16Cl2N2O4S/c1-8-9(2)26-16(20-10(3)22)15(8)17(24)25-7-14(23)21-13-5-4-11(18)6-12(13)19/h4-6H,7H2,1-3H3,(H,20,22)(H,21,23). The SMILES string of the molecule is CC(=O)Nc1sc(C)c(C)c1C(=O)OCC(=O)Nc1ccc(Cl)cc1Cl. The fourth-order valence-electron chi connectivity index (χ4n) is 2.10. The molecule has 9 heteroatoms. The first-order chi connectivity index (χ1) is 12.2. The molecule has 0 saturated heterocycles. The lowest BCUT2D eigenvalue weighted by molar-refractivity contribution is -0.119. The summed E-state index contributed by atoms with van der Waals surface area (Å²) in [5, 5.41) is 6.25. The lowest BCUT2D eigenvalue weighted by Gasteiger charge is -2.09. The van der Waals surface area contributed by atoms with E-state index in [2.05, 4.69) is 10.6 Å². The van der Waals surface area contributed by atoms with Crippen LogP contribution in [-0.4, -0.2) is 24.4 Å². The molecule has 0 fully saturated rings. The Labute approximate surface area is 164 Å². The Kier molecular flexibility index (Phi) is 6.63. The van der Waals surface area contributed by atoms with Gasteiger partial charge in [-0.2, -0.15) is 0 Å². The molecule has 1 aromatic heterocycles. The molecule has 2 rings (SSSR count). The number of hydrogen-bond acceptors (Lipinski definition) is 5. The minimum atomic E-state index is -0.687. The van der Waals surface area contributed by atoms with E-state index >= 15 is 0 Å². The lowest BCUT2D eigenvalue weighted by atomic mass is 10.1. The van der Waals surface area contributed by atoms with Crippen LogP contribution in [0, 0.1) is 13.8 Å². The monoisotopic (exact) mass is 414 g/mol. The van der Waals surface area contributed by atoms with Crippen LogP contribution in [-0.2, 0) is 14.3 Å². The normalized spacial score (nSPS) is 10.3. The molecule has 2 N–H and O–H groups in total. The van der Waals surface area contributed by atoms with E-state index in [0.717, 1.165) is 4.88 Å². The predicted molar refractivity (Wildman–Crippen MR) is 103 cm³/mol. The van der Waals surface area contributed by atoms with Crippen LogP contribution in [0.25, 0.3) is 0 Å². The number of thiophene rings is 1. The highest BCUT2D eigenvalue weighted by Gasteiger charge is 2.22. The molecular weight excluding hydrogens is 399 g/mol. The highest BCUT2D eigenvalue weighted by atomic mass is 35.5. The van der Waals surface area contributed by atoms with Gasteiger partial charge in [-0.05, 0) is 37.6 Å². The Morgan fingerprint density at radius 3 is 2.46 bits per heavy atom. The summed E-state index contributed by atoms with van der Waals surface area (Å²) < 4.78 is 5.08. The number of benzene rings is 1. The summed E-state index contributed by atoms with van der Waals surface area (Å²) in [6, 6.07) is 4.61. The van der Waals surface area contributed by atoms with E-state index in [1.807, 2.05) is 6.92 Å². The third kappa shape index (κ3) is 4.97. The minimum Gasteiger partial charge on any atom is -0.452 e. The largest absolute Gasteiger partial charge is 0.452 e. The van der Waals surface area contributed by atoms with Gasteiger partial charge in [0.15, 0.2) is 6.61 Å². The quantitative estimate of drug-likeness (QED) is 0.708. The van der Waals surface area contributed by atoms with Crippen molar-refractivity contribution in [3.63, 3.8) is 0 Å². The zero-order valence-corrected chi connectivity index (χ0v) is 16.6. The molecule has 0 aliphatic rings. The van der Waals surface area contributed by atoms with Crippen molar-refractivity contribution in [2.24, 2.45) is 0 Å². The van der Waals surface area contributed by atoms with Crippen LogP contribution in [0.1, 0.15) is 27.7 Å². The number of carbonyl (C=O) groups excluding carboxylic acids is 3. The molecule has 0 spiro atoms. The van der Waals surface area contributed by atoms with Crippen LogP contribution in [0.4, 0.5) is 10.7 Å². The molecule has 0 aliphatic heterocycles. The van der Waals surface area contributed by atoms with Gasteiger partial charge in [0.1, 0.15) is 5.00 Å². The number of halogens is 2. The summed E-state index contributed by atoms with van der Waals surface area (Å²) in [5.74, 6) is -1.53. The van der Waals surface area contributed by atoms with Gasteiger partial charge in [0.05, 0.1) is 16.3 Å². The molecular formula is C17H16Cl2N2O4S. The van der Waals surface area contributed by atoms with E-state index in [1.54, 1.807) is 19.1 Å². The van der Waals surface area contributed by atoms with Gasteiger partial charge in [0.25, 0.3) is 5.91 Å². The van der Waals surface area contributed by atoms with Gasteiger partial charge in [0.2, 0.25) is 5.91 Å². The predicted octanol–water partition coefficient (Wildman–Crippen LogP) is 4.43. The van der Waals surface area contributed by atoms with Crippen molar-refractivity contribution in [2.45, 2.75) is 20.8 Å². The fourth-order valence-corrected chi connectivity index (χ4v) is 3.65. The second kappa shape index (κ2) is 8.53. The van der Waals surface area contributed by atoms with Gasteiger partial charge < -0.3 is 15.4 Å². The molecule has 2 amide bonds. The molecule has 0 radical (unpaired) electrons. The second-order valence-corrected chi connectivity index (χ2v) is 7.49. The summed E-state index contributed by atoms with van der Waals surface area (Å²) in [5.41, 5.74) is 1.31. The number of carbonyl (C=O) groups is 3. The van der Waals surface area contributed by atoms with Crippen LogP contribution in [0.2, 0.25) is 10.0 Å². The number of nitrogens with one attached hydrogen (secondary N) is 2. The van der Waals surface area contributed by atoms with E-state index in [1.165, 1.54) is 24.3 Å². The zero-order chi connectivity index (χ0) is 19.4. The first kappa shape index (κ1) is 20.2. The van der Waals surface area contributed by atoms with E-state index in [9.17, 15) is 14.4 Å². The van der Waals surface area contributed by atoms with E-state index in [0.29, 0.717) is 21.3 Å². The molecule has 0 aliphatic carbocycles. The molecule has 26 heavy (non-hydrogen) atoms.